The average Bonchev–Trinajstić information content (AvgIpc) is 0.812. The molecule has 15 aromatic carbocycles. The van der Waals surface area contributed by atoms with E-state index in [4.69, 9.17) is 0 Å². The third kappa shape index (κ3) is 11.5. The molecule has 0 amide bonds. The predicted molar refractivity (Wildman–Crippen MR) is 413 cm³/mol. The van der Waals surface area contributed by atoms with Gasteiger partial charge in [0.1, 0.15) is 0 Å². The quantitative estimate of drug-likeness (QED) is 0.0695. The molecule has 454 valence electrons. The van der Waals surface area contributed by atoms with Gasteiger partial charge in [0.2, 0.25) is 0 Å². The molecule has 0 atom stereocenters. The van der Waals surface area contributed by atoms with E-state index in [0.29, 0.717) is 11.1 Å². The topological polar surface area (TPSA) is 54.1 Å². The fraction of sp³-hybridized carbons (Fsp3) is 0.0682. The fourth-order valence-electron chi connectivity index (χ4n) is 13.9. The molecule has 0 fully saturated rings. The van der Waals surface area contributed by atoms with Crippen LogP contribution in [-0.4, -0.2) is 26.5 Å². The zero-order chi connectivity index (χ0) is 65.0. The van der Waals surface area contributed by atoms with E-state index in [1.54, 1.807) is 0 Å². The van der Waals surface area contributed by atoms with Gasteiger partial charge in [-0.05, 0) is 83.9 Å². The third-order valence-corrected chi connectivity index (χ3v) is 28.5. The fourth-order valence-corrected chi connectivity index (χ4v) is 19.8. The van der Waals surface area contributed by atoms with Gasteiger partial charge in [0.05, 0.1) is 0 Å². The molecule has 1 aromatic heterocycles. The Kier molecular flexibility index (Phi) is 16.0. The SMILES string of the molecule is [CH3][Ge]([CH3])([CH3])[c]1ccc(N(c2ccc(C#N)cc2)c2ccc3ccc4c(N(c5ccc(C#N)cc5)c5ccc[c]([Ge]([CH3])([CH3])[CH3])c5)ccc5ccc2c3c54)cc1.c1ccc(-c2ccc(-c3cccc(-c4c5ccccc5c(-c5cccc6ccccc56)c5ccccc45)c3)s2)cc1. The number of hydrogen-bond acceptors (Lipinski definition) is 5. The smallest absolute Gasteiger partial charge is 0.0349 e. The molecule has 0 saturated carbocycles. The Bertz CT molecular complexity index is 5590. The number of nitrogens with zero attached hydrogens (tertiary/aromatic N) is 4. The van der Waals surface area contributed by atoms with Crippen molar-refractivity contribution in [1.82, 2.24) is 0 Å². The Morgan fingerprint density at radius 3 is 1.27 bits per heavy atom. The van der Waals surface area contributed by atoms with E-state index in [-0.39, 0.29) is 0 Å². The monoisotopic (exact) mass is 1360 g/mol. The number of rotatable bonds is 12. The minimum Gasteiger partial charge on any atom is -0.135 e. The van der Waals surface area contributed by atoms with Crippen LogP contribution in [0.1, 0.15) is 11.1 Å². The molecule has 0 spiro atoms. The molecule has 0 radical (unpaired) electrons. The maximum atomic E-state index is 9.63. The minimum atomic E-state index is -2.17. The third-order valence-electron chi connectivity index (χ3n) is 18.7. The Balaban J connectivity index is 0.000000162. The number of fused-ring (bicyclic) bond motifs is 3. The number of benzene rings is 15. The van der Waals surface area contributed by atoms with Gasteiger partial charge in [-0.25, -0.2) is 0 Å². The second-order valence-corrected chi connectivity index (χ2v) is 49.0. The Morgan fingerprint density at radius 2 is 0.726 bits per heavy atom. The number of nitriles is 2. The molecule has 0 saturated heterocycles. The van der Waals surface area contributed by atoms with Gasteiger partial charge in [-0.2, -0.15) is 0 Å². The number of thiophene rings is 1. The zero-order valence-electron chi connectivity index (χ0n) is 54.1. The standard InChI is InChI=1S/C48H42Ge2N4.C40H26S/c1-49(2,3)37-18-24-41(25-19-37)53(39-20-10-33(31-51)11-21-39)45-28-16-35-15-27-44-46(29-17-36-14-26-43(45)47(35)48(36)44)54(40-22-12-34(32-52)13-23-40)42-9-7-8-38(30-42)50(4,5)6;1-2-13-28(14-3-1)37-24-25-38(41-37)29-16-10-17-30(26-29)39-33-19-6-8-21-35(33)40(36-22-9-7-20-34(36)39)32-23-11-15-27-12-4-5-18-31(27)32/h7-30H,1-6H3;1-26H. The largest absolute Gasteiger partial charge is 0.135 e. The van der Waals surface area contributed by atoms with Crippen molar-refractivity contribution in [3.8, 4) is 55.3 Å². The summed E-state index contributed by atoms with van der Waals surface area (Å²) in [4.78, 5) is 7.27. The van der Waals surface area contributed by atoms with Gasteiger partial charge >= 0.3 is 325 Å². The van der Waals surface area contributed by atoms with Crippen LogP contribution < -0.4 is 18.6 Å². The molecule has 0 bridgehead atoms. The second kappa shape index (κ2) is 25.1. The second-order valence-electron chi connectivity index (χ2n) is 26.7. The average molecular weight is 1360 g/mol. The first kappa shape index (κ1) is 60.7. The van der Waals surface area contributed by atoms with Crippen LogP contribution in [0.4, 0.5) is 34.1 Å². The normalized spacial score (nSPS) is 11.7. The molecule has 0 unspecified atom stereocenters. The first-order valence-corrected chi connectivity index (χ1v) is 48.0. The maximum absolute atomic E-state index is 9.63. The molecule has 0 aliphatic carbocycles. The van der Waals surface area contributed by atoms with Gasteiger partial charge in [0.25, 0.3) is 0 Å². The Morgan fingerprint density at radius 1 is 0.295 bits per heavy atom. The van der Waals surface area contributed by atoms with E-state index < -0.39 is 26.5 Å². The first-order chi connectivity index (χ1) is 46.3. The molecule has 0 aliphatic rings. The summed E-state index contributed by atoms with van der Waals surface area (Å²) in [7, 11) is 0. The zero-order valence-corrected chi connectivity index (χ0v) is 59.1. The summed E-state index contributed by atoms with van der Waals surface area (Å²) >= 11 is -2.36. The van der Waals surface area contributed by atoms with Crippen LogP contribution in [0.15, 0.2) is 303 Å². The van der Waals surface area contributed by atoms with Crippen molar-refractivity contribution in [3.63, 3.8) is 0 Å². The van der Waals surface area contributed by atoms with Crippen LogP contribution in [0.25, 0.3) is 108 Å². The van der Waals surface area contributed by atoms with Crippen molar-refractivity contribution in [2.45, 2.75) is 34.5 Å². The van der Waals surface area contributed by atoms with E-state index in [9.17, 15) is 10.5 Å². The van der Waals surface area contributed by atoms with Gasteiger partial charge in [0, 0.05) is 9.75 Å². The molecule has 0 N–H and O–H groups in total. The number of hydrogen-bond donors (Lipinski definition) is 0. The van der Waals surface area contributed by atoms with Crippen molar-refractivity contribution < 1.29 is 0 Å². The summed E-state index contributed by atoms with van der Waals surface area (Å²) in [5, 5.41) is 34.1. The summed E-state index contributed by atoms with van der Waals surface area (Å²) < 4.78 is 2.90. The Hall–Kier alpha value is -10.5. The molecule has 0 aliphatic heterocycles. The van der Waals surface area contributed by atoms with Crippen LogP contribution in [0.5, 0.6) is 0 Å². The van der Waals surface area contributed by atoms with E-state index >= 15 is 0 Å². The predicted octanol–water partition coefficient (Wildman–Crippen LogP) is 24.2. The molecular weight excluding hydrogens is 1290 g/mol. The van der Waals surface area contributed by atoms with Gasteiger partial charge in [0.15, 0.2) is 0 Å². The van der Waals surface area contributed by atoms with Crippen molar-refractivity contribution >= 4 is 145 Å². The van der Waals surface area contributed by atoms with Crippen molar-refractivity contribution in [1.29, 1.82) is 10.5 Å². The van der Waals surface area contributed by atoms with Crippen LogP contribution in [0.2, 0.25) is 34.5 Å². The molecule has 4 nitrogen and oxygen atoms in total. The molecule has 16 rings (SSSR count). The molecule has 7 heteroatoms. The van der Waals surface area contributed by atoms with E-state index in [0.717, 1.165) is 39.5 Å². The first-order valence-electron chi connectivity index (χ1n) is 32.5. The van der Waals surface area contributed by atoms with Gasteiger partial charge in [-0.3, -0.25) is 0 Å². The maximum Gasteiger partial charge on any atom is 0.0349 e. The summed E-state index contributed by atoms with van der Waals surface area (Å²) in [6, 6.07) is 114. The minimum absolute atomic E-state index is 0.640. The summed E-state index contributed by atoms with van der Waals surface area (Å²) in [6.07, 6.45) is 0. The van der Waals surface area contributed by atoms with Crippen molar-refractivity contribution in [3.05, 3.63) is 314 Å². The summed E-state index contributed by atoms with van der Waals surface area (Å²) in [6.45, 7) is 0. The Labute approximate surface area is 565 Å². The van der Waals surface area contributed by atoms with Crippen LogP contribution in [0, 0.1) is 22.7 Å². The number of anilines is 6. The van der Waals surface area contributed by atoms with Crippen LogP contribution in [-0.2, 0) is 0 Å². The molecule has 95 heavy (non-hydrogen) atoms. The van der Waals surface area contributed by atoms with Gasteiger partial charge in [-0.1, -0.05) is 140 Å². The molecule has 16 aromatic rings. The molecular formula is C88H68Ge2N4S. The van der Waals surface area contributed by atoms with Gasteiger partial charge < -0.3 is 0 Å². The van der Waals surface area contributed by atoms with Gasteiger partial charge in [-0.15, -0.1) is 11.3 Å². The molecule has 1 heterocycles. The van der Waals surface area contributed by atoms with E-state index in [1.165, 1.54) is 111 Å². The summed E-state index contributed by atoms with van der Waals surface area (Å²) in [5.74, 6) is 14.6. The summed E-state index contributed by atoms with van der Waals surface area (Å²) in [5.41, 5.74) is 15.3. The van der Waals surface area contributed by atoms with E-state index in [1.807, 2.05) is 35.6 Å². The van der Waals surface area contributed by atoms with Crippen LogP contribution >= 0.6 is 11.3 Å². The van der Waals surface area contributed by atoms with E-state index in [2.05, 4.69) is 336 Å². The van der Waals surface area contributed by atoms with Crippen molar-refractivity contribution in [2.24, 2.45) is 0 Å². The van der Waals surface area contributed by atoms with Crippen molar-refractivity contribution in [2.75, 3.05) is 9.80 Å². The van der Waals surface area contributed by atoms with Crippen LogP contribution in [0.3, 0.4) is 0 Å².